The Hall–Kier alpha value is -2.62. The molecule has 1 fully saturated rings. The van der Waals surface area contributed by atoms with Crippen LogP contribution in [-0.4, -0.2) is 22.0 Å². The van der Waals surface area contributed by atoms with Gasteiger partial charge >= 0.3 is 0 Å². The van der Waals surface area contributed by atoms with Crippen LogP contribution in [0.15, 0.2) is 48.5 Å². The van der Waals surface area contributed by atoms with Crippen LogP contribution in [0.3, 0.4) is 0 Å². The maximum absolute atomic E-state index is 12.8. The summed E-state index contributed by atoms with van der Waals surface area (Å²) in [6, 6.07) is 16.5. The van der Waals surface area contributed by atoms with Crippen LogP contribution < -0.4 is 4.90 Å². The van der Waals surface area contributed by atoms with Crippen molar-refractivity contribution < 1.29 is 4.79 Å². The molecule has 0 aliphatic carbocycles. The molecule has 0 N–H and O–H groups in total. The molecule has 0 radical (unpaired) electrons. The van der Waals surface area contributed by atoms with Crippen molar-refractivity contribution in [2.75, 3.05) is 11.4 Å². The highest BCUT2D eigenvalue weighted by atomic mass is 16.2. The van der Waals surface area contributed by atoms with Crippen LogP contribution in [0.2, 0.25) is 0 Å². The lowest BCUT2D eigenvalue weighted by atomic mass is 10.1. The summed E-state index contributed by atoms with van der Waals surface area (Å²) in [7, 11) is 0. The smallest absolute Gasteiger partial charge is 0.227 e. The van der Waals surface area contributed by atoms with Gasteiger partial charge in [0.15, 0.2) is 0 Å². The largest absolute Gasteiger partial charge is 0.328 e. The SMILES string of the molecule is Cc1cccc(N2CC(c3nc4ccccc4n3CCC(C)C)CC2=O)c1. The first-order chi connectivity index (χ1) is 13.0. The third-order valence-corrected chi connectivity index (χ3v) is 5.42. The van der Waals surface area contributed by atoms with Gasteiger partial charge < -0.3 is 9.47 Å². The molecule has 1 aliphatic rings. The molecule has 0 spiro atoms. The fraction of sp³-hybridized carbons (Fsp3) is 0.391. The Labute approximate surface area is 160 Å². The van der Waals surface area contributed by atoms with Crippen molar-refractivity contribution in [2.24, 2.45) is 5.92 Å². The van der Waals surface area contributed by atoms with E-state index in [-0.39, 0.29) is 11.8 Å². The van der Waals surface area contributed by atoms with Gasteiger partial charge in [-0.3, -0.25) is 4.79 Å². The minimum absolute atomic E-state index is 0.137. The van der Waals surface area contributed by atoms with Crippen molar-refractivity contribution in [2.45, 2.75) is 46.1 Å². The molecular formula is C23H27N3O. The normalized spacial score (nSPS) is 17.4. The van der Waals surface area contributed by atoms with Crippen molar-refractivity contribution in [1.29, 1.82) is 0 Å². The lowest BCUT2D eigenvalue weighted by Gasteiger charge is -2.18. The van der Waals surface area contributed by atoms with Crippen LogP contribution in [-0.2, 0) is 11.3 Å². The van der Waals surface area contributed by atoms with Gasteiger partial charge in [0.1, 0.15) is 5.82 Å². The Morgan fingerprint density at radius 1 is 1.15 bits per heavy atom. The van der Waals surface area contributed by atoms with E-state index in [1.807, 2.05) is 23.1 Å². The van der Waals surface area contributed by atoms with Crippen molar-refractivity contribution in [3.8, 4) is 0 Å². The fourth-order valence-corrected chi connectivity index (χ4v) is 3.95. The summed E-state index contributed by atoms with van der Waals surface area (Å²) in [5.74, 6) is 2.01. The first-order valence-corrected chi connectivity index (χ1v) is 9.85. The van der Waals surface area contributed by atoms with E-state index in [4.69, 9.17) is 4.98 Å². The van der Waals surface area contributed by atoms with Gasteiger partial charge in [0.2, 0.25) is 5.91 Å². The number of aromatic nitrogens is 2. The van der Waals surface area contributed by atoms with E-state index in [9.17, 15) is 4.79 Å². The summed E-state index contributed by atoms with van der Waals surface area (Å²) in [6.45, 7) is 8.21. The van der Waals surface area contributed by atoms with E-state index in [1.165, 1.54) is 11.1 Å². The minimum Gasteiger partial charge on any atom is -0.328 e. The Morgan fingerprint density at radius 3 is 2.74 bits per heavy atom. The number of anilines is 1. The van der Waals surface area contributed by atoms with Crippen molar-refractivity contribution in [3.63, 3.8) is 0 Å². The van der Waals surface area contributed by atoms with Crippen LogP contribution in [0.1, 0.15) is 44.0 Å². The van der Waals surface area contributed by atoms with Gasteiger partial charge in [-0.05, 0) is 49.1 Å². The molecule has 140 valence electrons. The predicted molar refractivity (Wildman–Crippen MR) is 110 cm³/mol. The van der Waals surface area contributed by atoms with E-state index < -0.39 is 0 Å². The van der Waals surface area contributed by atoms with E-state index in [2.05, 4.69) is 55.7 Å². The molecule has 1 amide bonds. The van der Waals surface area contributed by atoms with Crippen LogP contribution in [0.5, 0.6) is 0 Å². The molecule has 1 aliphatic heterocycles. The molecule has 1 atom stereocenters. The summed E-state index contributed by atoms with van der Waals surface area (Å²) in [4.78, 5) is 19.6. The summed E-state index contributed by atoms with van der Waals surface area (Å²) in [5, 5.41) is 0. The second kappa shape index (κ2) is 7.18. The highest BCUT2D eigenvalue weighted by molar-refractivity contribution is 5.96. The molecular weight excluding hydrogens is 334 g/mol. The first-order valence-electron chi connectivity index (χ1n) is 9.85. The third kappa shape index (κ3) is 3.48. The van der Waals surface area contributed by atoms with E-state index in [0.29, 0.717) is 18.9 Å². The molecule has 0 bridgehead atoms. The van der Waals surface area contributed by atoms with Gasteiger partial charge in [0.25, 0.3) is 0 Å². The fourth-order valence-electron chi connectivity index (χ4n) is 3.95. The zero-order chi connectivity index (χ0) is 19.0. The molecule has 2 aromatic carbocycles. The van der Waals surface area contributed by atoms with Crippen molar-refractivity contribution >= 4 is 22.6 Å². The number of carbonyl (C=O) groups excluding carboxylic acids is 1. The van der Waals surface area contributed by atoms with E-state index in [1.54, 1.807) is 0 Å². The number of amides is 1. The second-order valence-electron chi connectivity index (χ2n) is 8.04. The Morgan fingerprint density at radius 2 is 1.96 bits per heavy atom. The maximum Gasteiger partial charge on any atom is 0.227 e. The summed E-state index contributed by atoms with van der Waals surface area (Å²) in [5.41, 5.74) is 4.37. The molecule has 4 nitrogen and oxygen atoms in total. The number of para-hydroxylation sites is 2. The Kier molecular flexibility index (Phi) is 4.73. The number of nitrogens with zero attached hydrogens (tertiary/aromatic N) is 3. The van der Waals surface area contributed by atoms with E-state index >= 15 is 0 Å². The molecule has 1 saturated heterocycles. The minimum atomic E-state index is 0.137. The lowest BCUT2D eigenvalue weighted by Crippen LogP contribution is -2.24. The molecule has 1 aromatic heterocycles. The summed E-state index contributed by atoms with van der Waals surface area (Å²) >= 11 is 0. The van der Waals surface area contributed by atoms with Gasteiger partial charge in [-0.2, -0.15) is 0 Å². The highest BCUT2D eigenvalue weighted by Crippen LogP contribution is 2.33. The number of carbonyl (C=O) groups is 1. The quantitative estimate of drug-likeness (QED) is 0.647. The van der Waals surface area contributed by atoms with Gasteiger partial charge in [0, 0.05) is 31.1 Å². The highest BCUT2D eigenvalue weighted by Gasteiger charge is 2.34. The van der Waals surface area contributed by atoms with Gasteiger partial charge in [-0.1, -0.05) is 38.1 Å². The average Bonchev–Trinajstić information content (AvgIpc) is 3.20. The van der Waals surface area contributed by atoms with Crippen LogP contribution in [0.4, 0.5) is 5.69 Å². The second-order valence-corrected chi connectivity index (χ2v) is 8.04. The number of hydrogen-bond donors (Lipinski definition) is 0. The maximum atomic E-state index is 12.8. The zero-order valence-electron chi connectivity index (χ0n) is 16.4. The van der Waals surface area contributed by atoms with E-state index in [0.717, 1.165) is 30.0 Å². The van der Waals surface area contributed by atoms with Crippen LogP contribution in [0.25, 0.3) is 11.0 Å². The number of hydrogen-bond acceptors (Lipinski definition) is 2. The number of rotatable bonds is 5. The zero-order valence-corrected chi connectivity index (χ0v) is 16.4. The van der Waals surface area contributed by atoms with Crippen LogP contribution in [0, 0.1) is 12.8 Å². The van der Waals surface area contributed by atoms with Crippen molar-refractivity contribution in [3.05, 3.63) is 59.9 Å². The van der Waals surface area contributed by atoms with Gasteiger partial charge in [0.05, 0.1) is 11.0 Å². The number of aryl methyl sites for hydroxylation is 2. The third-order valence-electron chi connectivity index (χ3n) is 5.42. The molecule has 3 aromatic rings. The number of fused-ring (bicyclic) bond motifs is 1. The van der Waals surface area contributed by atoms with Crippen molar-refractivity contribution in [1.82, 2.24) is 9.55 Å². The molecule has 4 heteroatoms. The monoisotopic (exact) mass is 361 g/mol. The Balaban J connectivity index is 1.68. The molecule has 4 rings (SSSR count). The van der Waals surface area contributed by atoms with Gasteiger partial charge in [-0.15, -0.1) is 0 Å². The lowest BCUT2D eigenvalue weighted by molar-refractivity contribution is -0.117. The standard InChI is InChI=1S/C23H27N3O/c1-16(2)11-12-25-21-10-5-4-9-20(21)24-23(25)18-14-22(27)26(15-18)19-8-6-7-17(3)13-19/h4-10,13,16,18H,11-12,14-15H2,1-3H3. The predicted octanol–water partition coefficient (Wildman–Crippen LogP) is 4.91. The summed E-state index contributed by atoms with van der Waals surface area (Å²) in [6.07, 6.45) is 1.63. The topological polar surface area (TPSA) is 38.1 Å². The average molecular weight is 361 g/mol. The molecule has 2 heterocycles. The number of benzene rings is 2. The molecule has 0 saturated carbocycles. The number of imidazole rings is 1. The Bertz CT molecular complexity index is 973. The first kappa shape index (κ1) is 17.8. The van der Waals surface area contributed by atoms with Crippen LogP contribution >= 0.6 is 0 Å². The summed E-state index contributed by atoms with van der Waals surface area (Å²) < 4.78 is 2.34. The molecule has 1 unspecified atom stereocenters. The van der Waals surface area contributed by atoms with Gasteiger partial charge in [-0.25, -0.2) is 4.98 Å². The molecule has 27 heavy (non-hydrogen) atoms.